The summed E-state index contributed by atoms with van der Waals surface area (Å²) >= 11 is 0. The third-order valence-electron chi connectivity index (χ3n) is 3.01. The molecule has 2 N–H and O–H groups in total. The molecule has 116 valence electrons. The van der Waals surface area contributed by atoms with E-state index in [1.54, 1.807) is 23.1 Å². The van der Waals surface area contributed by atoms with Crippen molar-refractivity contribution < 1.29 is 9.50 Å². The van der Waals surface area contributed by atoms with Gasteiger partial charge in [-0.2, -0.15) is 10.4 Å². The van der Waals surface area contributed by atoms with E-state index in [0.717, 1.165) is 0 Å². The lowest BCUT2D eigenvalue weighted by atomic mass is 10.2. The van der Waals surface area contributed by atoms with Crippen LogP contribution in [0, 0.1) is 17.1 Å². The number of aliphatic hydroxyl groups excluding tert-OH is 1. The molecule has 2 rings (SSSR count). The van der Waals surface area contributed by atoms with E-state index >= 15 is 0 Å². The van der Waals surface area contributed by atoms with Gasteiger partial charge in [-0.25, -0.2) is 4.39 Å². The Morgan fingerprint density at radius 3 is 2.95 bits per heavy atom. The first-order chi connectivity index (χ1) is 10.5. The Labute approximate surface area is 128 Å². The van der Waals surface area contributed by atoms with Crippen molar-refractivity contribution >= 4 is 11.4 Å². The van der Waals surface area contributed by atoms with Crippen LogP contribution in [-0.4, -0.2) is 46.5 Å². The van der Waals surface area contributed by atoms with Crippen molar-refractivity contribution in [3.8, 4) is 6.07 Å². The van der Waals surface area contributed by atoms with Crippen LogP contribution in [0.2, 0.25) is 0 Å². The number of aromatic nitrogens is 2. The second kappa shape index (κ2) is 7.02. The van der Waals surface area contributed by atoms with Gasteiger partial charge in [-0.3, -0.25) is 4.68 Å². The third-order valence-corrected chi connectivity index (χ3v) is 3.01. The molecular formula is C15H18FN5O. The molecule has 1 heterocycles. The number of nitrogens with zero attached hydrogens (tertiary/aromatic N) is 4. The highest BCUT2D eigenvalue weighted by Crippen LogP contribution is 2.22. The summed E-state index contributed by atoms with van der Waals surface area (Å²) in [6, 6.07) is 6.23. The minimum Gasteiger partial charge on any atom is -0.390 e. The third kappa shape index (κ3) is 4.04. The molecule has 0 bridgehead atoms. The Balaban J connectivity index is 2.07. The predicted molar refractivity (Wildman–Crippen MR) is 81.2 cm³/mol. The number of halogens is 1. The summed E-state index contributed by atoms with van der Waals surface area (Å²) in [4.78, 5) is 1.89. The van der Waals surface area contributed by atoms with E-state index in [4.69, 9.17) is 5.26 Å². The molecule has 6 nitrogen and oxygen atoms in total. The van der Waals surface area contributed by atoms with Crippen LogP contribution in [0.15, 0.2) is 30.6 Å². The van der Waals surface area contributed by atoms with Crippen molar-refractivity contribution in [1.82, 2.24) is 14.7 Å². The van der Waals surface area contributed by atoms with Crippen LogP contribution in [-0.2, 0) is 6.54 Å². The number of anilines is 2. The first-order valence-electron chi connectivity index (χ1n) is 6.80. The number of hydrogen-bond acceptors (Lipinski definition) is 5. The zero-order valence-corrected chi connectivity index (χ0v) is 12.5. The quantitative estimate of drug-likeness (QED) is 0.847. The van der Waals surface area contributed by atoms with Crippen LogP contribution in [0.4, 0.5) is 15.8 Å². The van der Waals surface area contributed by atoms with Crippen molar-refractivity contribution in [1.29, 1.82) is 5.26 Å². The van der Waals surface area contributed by atoms with Crippen LogP contribution in [0.1, 0.15) is 5.56 Å². The molecule has 0 saturated carbocycles. The van der Waals surface area contributed by atoms with Crippen LogP contribution in [0.25, 0.3) is 0 Å². The van der Waals surface area contributed by atoms with Gasteiger partial charge < -0.3 is 15.3 Å². The maximum absolute atomic E-state index is 13.5. The van der Waals surface area contributed by atoms with Gasteiger partial charge in [0.15, 0.2) is 0 Å². The molecule has 0 saturated heterocycles. The monoisotopic (exact) mass is 303 g/mol. The van der Waals surface area contributed by atoms with Crippen molar-refractivity contribution in [2.45, 2.75) is 12.6 Å². The molecule has 1 aromatic heterocycles. The molecule has 1 atom stereocenters. The zero-order valence-electron chi connectivity index (χ0n) is 12.5. The fraction of sp³-hybridized carbons (Fsp3) is 0.333. The Kier molecular flexibility index (Phi) is 5.09. The molecule has 0 unspecified atom stereocenters. The molecule has 0 radical (unpaired) electrons. The molecule has 0 amide bonds. The van der Waals surface area contributed by atoms with Gasteiger partial charge in [0, 0.05) is 12.7 Å². The molecule has 0 aliphatic rings. The van der Waals surface area contributed by atoms with E-state index in [1.807, 2.05) is 25.1 Å². The summed E-state index contributed by atoms with van der Waals surface area (Å²) in [5, 5.41) is 26.0. The van der Waals surface area contributed by atoms with E-state index in [2.05, 4.69) is 10.4 Å². The van der Waals surface area contributed by atoms with E-state index in [9.17, 15) is 9.50 Å². The summed E-state index contributed by atoms with van der Waals surface area (Å²) in [5.74, 6) is -0.568. The van der Waals surface area contributed by atoms with Gasteiger partial charge in [0.25, 0.3) is 0 Å². The molecule has 1 aromatic carbocycles. The van der Waals surface area contributed by atoms with Crippen molar-refractivity contribution in [3.63, 3.8) is 0 Å². The maximum Gasteiger partial charge on any atom is 0.143 e. The average molecular weight is 303 g/mol. The van der Waals surface area contributed by atoms with Gasteiger partial charge in [-0.05, 0) is 26.2 Å². The lowest BCUT2D eigenvalue weighted by Crippen LogP contribution is -2.29. The van der Waals surface area contributed by atoms with E-state index in [0.29, 0.717) is 24.5 Å². The molecule has 0 fully saturated rings. The summed E-state index contributed by atoms with van der Waals surface area (Å²) in [7, 11) is 3.76. The van der Waals surface area contributed by atoms with Crippen LogP contribution in [0.3, 0.4) is 0 Å². The number of nitriles is 1. The predicted octanol–water partition coefficient (Wildman–Crippen LogP) is 1.56. The average Bonchev–Trinajstić information content (AvgIpc) is 2.85. The molecule has 0 aliphatic carbocycles. The Bertz CT molecular complexity index is 677. The normalized spacial score (nSPS) is 12.2. The van der Waals surface area contributed by atoms with Gasteiger partial charge in [0.05, 0.1) is 30.2 Å². The van der Waals surface area contributed by atoms with Crippen LogP contribution in [0.5, 0.6) is 0 Å². The topological polar surface area (TPSA) is 77.1 Å². The highest BCUT2D eigenvalue weighted by molar-refractivity contribution is 5.65. The van der Waals surface area contributed by atoms with Gasteiger partial charge in [-0.15, -0.1) is 0 Å². The maximum atomic E-state index is 13.5. The first kappa shape index (κ1) is 15.9. The number of benzene rings is 1. The summed E-state index contributed by atoms with van der Waals surface area (Å²) in [6.45, 7) is 0.888. The second-order valence-corrected chi connectivity index (χ2v) is 5.27. The van der Waals surface area contributed by atoms with E-state index < -0.39 is 11.9 Å². The minimum atomic E-state index is -0.568. The number of rotatable bonds is 6. The number of nitrogens with one attached hydrogen (secondary N) is 1. The van der Waals surface area contributed by atoms with Gasteiger partial charge in [-0.1, -0.05) is 6.07 Å². The summed E-state index contributed by atoms with van der Waals surface area (Å²) in [6.07, 6.45) is 2.73. The first-order valence-corrected chi connectivity index (χ1v) is 6.80. The van der Waals surface area contributed by atoms with E-state index in [1.165, 1.54) is 12.1 Å². The molecule has 7 heteroatoms. The molecule has 22 heavy (non-hydrogen) atoms. The highest BCUT2D eigenvalue weighted by Gasteiger charge is 2.10. The Morgan fingerprint density at radius 2 is 2.27 bits per heavy atom. The summed E-state index contributed by atoms with van der Waals surface area (Å²) in [5.41, 5.74) is 0.970. The molecule has 0 aliphatic heterocycles. The molecular weight excluding hydrogens is 285 g/mol. The van der Waals surface area contributed by atoms with Gasteiger partial charge in [0.1, 0.15) is 17.4 Å². The van der Waals surface area contributed by atoms with Crippen molar-refractivity contribution in [3.05, 3.63) is 42.0 Å². The Morgan fingerprint density at radius 1 is 1.50 bits per heavy atom. The van der Waals surface area contributed by atoms with Crippen LogP contribution < -0.4 is 5.32 Å². The highest BCUT2D eigenvalue weighted by atomic mass is 19.1. The molecule has 2 aromatic rings. The largest absolute Gasteiger partial charge is 0.390 e. The standard InChI is InChI=1S/C15H18FN5O/c1-20(2)9-12(22)10-21-8-11(7-18-21)19-15-5-3-4-14(16)13(15)6-17/h3-5,7-8,12,19,22H,9-10H2,1-2H3/t12-/m1/s1. The van der Waals surface area contributed by atoms with Gasteiger partial charge in [0.2, 0.25) is 0 Å². The lowest BCUT2D eigenvalue weighted by molar-refractivity contribution is 0.116. The zero-order chi connectivity index (χ0) is 16.1. The minimum absolute atomic E-state index is 0.0390. The number of aliphatic hydroxyl groups is 1. The summed E-state index contributed by atoms with van der Waals surface area (Å²) < 4.78 is 15.1. The van der Waals surface area contributed by atoms with Crippen molar-refractivity contribution in [2.24, 2.45) is 0 Å². The van der Waals surface area contributed by atoms with Crippen molar-refractivity contribution in [2.75, 3.05) is 26.0 Å². The van der Waals surface area contributed by atoms with Crippen LogP contribution >= 0.6 is 0 Å². The number of likely N-dealkylation sites (N-methyl/N-ethyl adjacent to an activating group) is 1. The SMILES string of the molecule is CN(C)C[C@@H](O)Cn1cc(Nc2cccc(F)c2C#N)cn1. The number of hydrogen-bond donors (Lipinski definition) is 2. The van der Waals surface area contributed by atoms with Gasteiger partial charge >= 0.3 is 0 Å². The smallest absolute Gasteiger partial charge is 0.143 e. The fourth-order valence-corrected chi connectivity index (χ4v) is 2.12. The lowest BCUT2D eigenvalue weighted by Gasteiger charge is -2.15. The fourth-order valence-electron chi connectivity index (χ4n) is 2.12. The Hall–Kier alpha value is -2.43. The molecule has 0 spiro atoms. The van der Waals surface area contributed by atoms with E-state index in [-0.39, 0.29) is 5.56 Å². The second-order valence-electron chi connectivity index (χ2n) is 5.27.